The Bertz CT molecular complexity index is 139. The lowest BCUT2D eigenvalue weighted by Gasteiger charge is -2.19. The summed E-state index contributed by atoms with van der Waals surface area (Å²) >= 11 is 7.90. The quantitative estimate of drug-likeness (QED) is 0.287. The van der Waals surface area contributed by atoms with Crippen molar-refractivity contribution in [3.63, 3.8) is 0 Å². The van der Waals surface area contributed by atoms with Gasteiger partial charge in [0.2, 0.25) is 0 Å². The van der Waals surface area contributed by atoms with Crippen LogP contribution >= 0.6 is 65.4 Å². The lowest BCUT2D eigenvalue weighted by Crippen LogP contribution is -2.24. The first kappa shape index (κ1) is 13.4. The van der Waals surface area contributed by atoms with Crippen molar-refractivity contribution in [3.05, 3.63) is 12.3 Å². The van der Waals surface area contributed by atoms with Crippen LogP contribution in [0.15, 0.2) is 12.3 Å². The van der Waals surface area contributed by atoms with E-state index < -0.39 is 8.64 Å². The number of hydrogen-bond donors (Lipinski definition) is 0. The summed E-state index contributed by atoms with van der Waals surface area (Å²) in [4.78, 5) is 0. The highest BCUT2D eigenvalue weighted by atomic mass is 127. The molecule has 0 heterocycles. The second-order valence-corrected chi connectivity index (χ2v) is 45.1. The Labute approximate surface area is 110 Å². The molecule has 0 aromatic rings. The molecule has 0 spiro atoms. The molecule has 0 rings (SSSR count). The van der Waals surface area contributed by atoms with Gasteiger partial charge >= 0.3 is 0 Å². The zero-order valence-corrected chi connectivity index (χ0v) is 15.3. The predicted molar refractivity (Wildman–Crippen MR) is 85.1 cm³/mol. The third-order valence-corrected chi connectivity index (χ3v) is 10.4. The molecule has 0 N–H and O–H groups in total. The highest BCUT2D eigenvalue weighted by Crippen LogP contribution is 2.36. The molecular formula is C6H13I3Si2. The van der Waals surface area contributed by atoms with Gasteiger partial charge in [0.1, 0.15) is 0 Å². The molecule has 0 aliphatic rings. The van der Waals surface area contributed by atoms with Crippen LogP contribution in [-0.4, -0.2) is 8.64 Å². The van der Waals surface area contributed by atoms with Crippen LogP contribution in [0.3, 0.4) is 0 Å². The Hall–Kier alpha value is 2.36. The van der Waals surface area contributed by atoms with E-state index in [0.717, 1.165) is 0 Å². The minimum Gasteiger partial charge on any atom is -0.107 e. The summed E-state index contributed by atoms with van der Waals surface area (Å²) in [6, 6.07) is 2.84. The van der Waals surface area contributed by atoms with E-state index in [2.05, 4.69) is 90.8 Å². The van der Waals surface area contributed by atoms with Crippen LogP contribution in [0.2, 0.25) is 25.2 Å². The largest absolute Gasteiger partial charge is 0.253 e. The van der Waals surface area contributed by atoms with E-state index in [1.54, 1.807) is 0 Å². The molecule has 0 unspecified atom stereocenters. The van der Waals surface area contributed by atoms with Gasteiger partial charge < -0.3 is 0 Å². The zero-order chi connectivity index (χ0) is 9.12. The molecule has 11 heavy (non-hydrogen) atoms. The van der Waals surface area contributed by atoms with Crippen molar-refractivity contribution < 1.29 is 0 Å². The fourth-order valence-electron chi connectivity index (χ4n) is 0.566. The molecule has 0 bridgehead atoms. The van der Waals surface area contributed by atoms with E-state index in [9.17, 15) is 0 Å². The summed E-state index contributed by atoms with van der Waals surface area (Å²) in [7, 11) is -1.00. The Kier molecular flexibility index (Phi) is 6.43. The molecule has 0 aromatic carbocycles. The molecule has 0 aliphatic carbocycles. The van der Waals surface area contributed by atoms with Crippen molar-refractivity contribution in [3.8, 4) is 0 Å². The second kappa shape index (κ2) is 5.30. The third-order valence-electron chi connectivity index (χ3n) is 1.61. The topological polar surface area (TPSA) is 0 Å². The van der Waals surface area contributed by atoms with Gasteiger partial charge in [0, 0.05) is 0 Å². The second-order valence-electron chi connectivity index (χ2n) is 3.31. The van der Waals surface area contributed by atoms with Gasteiger partial charge in [-0.05, 0) is 6.04 Å². The van der Waals surface area contributed by atoms with Gasteiger partial charge in [-0.2, -0.15) is 0 Å². The highest BCUT2D eigenvalue weighted by molar-refractivity contribution is 14.4. The first-order chi connectivity index (χ1) is 4.77. The minimum atomic E-state index is -1.00. The van der Waals surface area contributed by atoms with Crippen molar-refractivity contribution in [2.75, 3.05) is 0 Å². The van der Waals surface area contributed by atoms with Crippen LogP contribution in [0.5, 0.6) is 0 Å². The van der Waals surface area contributed by atoms with Gasteiger partial charge in [-0.1, -0.05) is 84.5 Å². The minimum absolute atomic E-state index is 0.886. The first-order valence-corrected chi connectivity index (χ1v) is 18.3. The third kappa shape index (κ3) is 8.69. The van der Waals surface area contributed by atoms with Crippen LogP contribution < -0.4 is 0 Å². The lowest BCUT2D eigenvalue weighted by atomic mass is 10.9. The van der Waals surface area contributed by atoms with E-state index in [4.69, 9.17) is 0 Å². The Morgan fingerprint density at radius 3 is 1.91 bits per heavy atom. The Morgan fingerprint density at radius 1 is 1.18 bits per heavy atom. The van der Waals surface area contributed by atoms with E-state index in [1.165, 1.54) is 12.1 Å². The molecule has 5 heteroatoms. The van der Waals surface area contributed by atoms with Crippen LogP contribution in [0.25, 0.3) is 0 Å². The smallest absolute Gasteiger partial charge is 0.107 e. The summed E-state index contributed by atoms with van der Waals surface area (Å²) in [5, 5.41) is 0. The molecule has 0 aliphatic heterocycles. The molecule has 0 saturated carbocycles. The standard InChI is InChI=1S/C6H13I3Si2/c1-4-10(2,3)5-6-11(7,8)9/h4H,1,5-6H2,2-3H3. The normalized spacial score (nSPS) is 13.2. The van der Waals surface area contributed by atoms with Crippen molar-refractivity contribution >= 4 is 74.0 Å². The molecule has 0 fully saturated rings. The summed E-state index contributed by atoms with van der Waals surface area (Å²) in [5.41, 5.74) is 2.21. The van der Waals surface area contributed by atoms with E-state index in [1.807, 2.05) is 0 Å². The number of rotatable bonds is 4. The maximum absolute atomic E-state index is 3.90. The molecule has 0 amide bonds. The fraction of sp³-hybridized carbons (Fsp3) is 0.667. The highest BCUT2D eigenvalue weighted by Gasteiger charge is 2.26. The summed E-state index contributed by atoms with van der Waals surface area (Å²) in [6.45, 7) is 8.69. The maximum Gasteiger partial charge on any atom is 0.253 e. The van der Waals surface area contributed by atoms with Crippen molar-refractivity contribution in [2.45, 2.75) is 25.2 Å². The molecular weight excluding hydrogens is 509 g/mol. The molecule has 0 saturated heterocycles. The molecule has 66 valence electrons. The number of halogens is 3. The van der Waals surface area contributed by atoms with E-state index >= 15 is 0 Å². The summed E-state index contributed by atoms with van der Waals surface area (Å²) in [5.74, 6) is 0. The zero-order valence-electron chi connectivity index (χ0n) is 6.83. The first-order valence-electron chi connectivity index (χ1n) is 3.47. The van der Waals surface area contributed by atoms with E-state index in [-0.39, 0.29) is 0 Å². The van der Waals surface area contributed by atoms with Crippen LogP contribution in [0.4, 0.5) is 0 Å². The van der Waals surface area contributed by atoms with Gasteiger partial charge in [0.25, 0.3) is 0.564 Å². The van der Waals surface area contributed by atoms with Gasteiger partial charge in [-0.3, -0.25) is 0 Å². The lowest BCUT2D eigenvalue weighted by molar-refractivity contribution is 1.36. The fourth-order valence-corrected chi connectivity index (χ4v) is 11.8. The predicted octanol–water partition coefficient (Wildman–Crippen LogP) is 4.66. The van der Waals surface area contributed by atoms with Crippen LogP contribution in [0.1, 0.15) is 0 Å². The Morgan fingerprint density at radius 2 is 1.64 bits per heavy atom. The van der Waals surface area contributed by atoms with Crippen molar-refractivity contribution in [2.24, 2.45) is 0 Å². The SMILES string of the molecule is C=C[Si](C)(C)CC[Si](I)(I)I. The van der Waals surface area contributed by atoms with Gasteiger partial charge in [-0.15, -0.1) is 12.3 Å². The average molecular weight is 522 g/mol. The molecule has 0 aromatic heterocycles. The maximum atomic E-state index is 3.90. The monoisotopic (exact) mass is 522 g/mol. The summed E-state index contributed by atoms with van der Waals surface area (Å²) < 4.78 is -0.886. The van der Waals surface area contributed by atoms with Crippen molar-refractivity contribution in [1.82, 2.24) is 0 Å². The van der Waals surface area contributed by atoms with Crippen LogP contribution in [-0.2, 0) is 0 Å². The van der Waals surface area contributed by atoms with Gasteiger partial charge in [0.05, 0.1) is 8.07 Å². The van der Waals surface area contributed by atoms with Gasteiger partial charge in [-0.25, -0.2) is 0 Å². The summed E-state index contributed by atoms with van der Waals surface area (Å²) in [6.07, 6.45) is 0. The Balaban J connectivity index is 3.79. The van der Waals surface area contributed by atoms with Crippen molar-refractivity contribution in [1.29, 1.82) is 0 Å². The molecule has 0 nitrogen and oxygen atoms in total. The van der Waals surface area contributed by atoms with Gasteiger partial charge in [0.15, 0.2) is 0 Å². The van der Waals surface area contributed by atoms with E-state index in [0.29, 0.717) is 0 Å². The number of hydrogen-bond acceptors (Lipinski definition) is 0. The molecule has 0 atom stereocenters. The molecule has 0 radical (unpaired) electrons. The van der Waals surface area contributed by atoms with Crippen LogP contribution in [0, 0.1) is 0 Å². The average Bonchev–Trinajstić information content (AvgIpc) is 1.83.